The van der Waals surface area contributed by atoms with E-state index in [4.69, 9.17) is 0 Å². The quantitative estimate of drug-likeness (QED) is 0.542. The van der Waals surface area contributed by atoms with E-state index in [0.29, 0.717) is 16.7 Å². The van der Waals surface area contributed by atoms with Gasteiger partial charge in [-0.1, -0.05) is 11.8 Å². The fraction of sp³-hybridized carbons (Fsp3) is 0.333. The van der Waals surface area contributed by atoms with Crippen LogP contribution in [0.4, 0.5) is 32.4 Å². The second-order valence-electron chi connectivity index (χ2n) is 4.10. The molecular formula is C12H12F5N3O2S. The molecule has 0 unspecified atom stereocenters. The summed E-state index contributed by atoms with van der Waals surface area (Å²) in [4.78, 5) is 22.8. The zero-order chi connectivity index (χ0) is 17.5. The van der Waals surface area contributed by atoms with Crippen molar-refractivity contribution < 1.29 is 31.5 Å². The summed E-state index contributed by atoms with van der Waals surface area (Å²) >= 11 is 0.341. The van der Waals surface area contributed by atoms with Gasteiger partial charge in [-0.15, -0.1) is 0 Å². The third-order valence-electron chi connectivity index (χ3n) is 2.23. The highest BCUT2D eigenvalue weighted by Crippen LogP contribution is 2.26. The smallest absolute Gasteiger partial charge is 0.345 e. The monoisotopic (exact) mass is 357 g/mol. The van der Waals surface area contributed by atoms with Crippen molar-refractivity contribution in [2.75, 3.05) is 18.4 Å². The van der Waals surface area contributed by atoms with Gasteiger partial charge in [0.15, 0.2) is 0 Å². The van der Waals surface area contributed by atoms with E-state index in [1.807, 2.05) is 0 Å². The van der Waals surface area contributed by atoms with Crippen molar-refractivity contribution in [2.24, 2.45) is 0 Å². The number of halogens is 5. The number of urea groups is 1. The molecule has 0 aliphatic carbocycles. The lowest BCUT2D eigenvalue weighted by Gasteiger charge is -2.10. The van der Waals surface area contributed by atoms with Crippen molar-refractivity contribution >= 4 is 29.4 Å². The van der Waals surface area contributed by atoms with Crippen LogP contribution in [-0.4, -0.2) is 37.0 Å². The molecule has 23 heavy (non-hydrogen) atoms. The number of anilines is 1. The summed E-state index contributed by atoms with van der Waals surface area (Å²) in [6.07, 6.45) is -4.53. The van der Waals surface area contributed by atoms with Gasteiger partial charge in [-0.2, -0.15) is 22.0 Å². The maximum atomic E-state index is 12.1. The molecule has 11 heteroatoms. The zero-order valence-electron chi connectivity index (χ0n) is 11.4. The molecule has 3 amide bonds. The second-order valence-corrected chi connectivity index (χ2v) is 5.17. The van der Waals surface area contributed by atoms with Crippen molar-refractivity contribution in [3.05, 3.63) is 24.3 Å². The summed E-state index contributed by atoms with van der Waals surface area (Å²) in [5.41, 5.74) is 0.275. The van der Waals surface area contributed by atoms with Crippen LogP contribution in [0.1, 0.15) is 0 Å². The maximum Gasteiger partial charge on any atom is 0.405 e. The first kappa shape index (κ1) is 19.0. The molecule has 0 atom stereocenters. The molecule has 1 aromatic carbocycles. The van der Waals surface area contributed by atoms with Crippen LogP contribution in [0.2, 0.25) is 0 Å². The highest BCUT2D eigenvalue weighted by molar-refractivity contribution is 7.99. The SMILES string of the molecule is O=C(CNC(=O)Nc1ccc(SC(F)F)cc1)NCC(F)(F)F. The van der Waals surface area contributed by atoms with Gasteiger partial charge in [0.2, 0.25) is 5.91 Å². The first-order valence-corrected chi connectivity index (χ1v) is 6.97. The molecule has 0 fully saturated rings. The Balaban J connectivity index is 2.35. The van der Waals surface area contributed by atoms with Gasteiger partial charge in [-0.3, -0.25) is 4.79 Å². The third-order valence-corrected chi connectivity index (χ3v) is 2.96. The first-order chi connectivity index (χ1) is 10.7. The largest absolute Gasteiger partial charge is 0.405 e. The van der Waals surface area contributed by atoms with E-state index in [9.17, 15) is 31.5 Å². The molecule has 0 aromatic heterocycles. The molecule has 0 heterocycles. The van der Waals surface area contributed by atoms with Gasteiger partial charge >= 0.3 is 12.2 Å². The number of amides is 3. The minimum absolute atomic E-state index is 0.275. The van der Waals surface area contributed by atoms with Crippen LogP contribution in [0.5, 0.6) is 0 Å². The Kier molecular flexibility index (Phi) is 7.07. The average Bonchev–Trinajstić information content (AvgIpc) is 2.44. The molecule has 0 spiro atoms. The minimum atomic E-state index is -4.53. The first-order valence-electron chi connectivity index (χ1n) is 6.09. The summed E-state index contributed by atoms with van der Waals surface area (Å²) < 4.78 is 59.8. The molecular weight excluding hydrogens is 345 g/mol. The Labute approximate surface area is 132 Å². The fourth-order valence-electron chi connectivity index (χ4n) is 1.32. The Bertz CT molecular complexity index is 536. The van der Waals surface area contributed by atoms with Crippen LogP contribution >= 0.6 is 11.8 Å². The van der Waals surface area contributed by atoms with Crippen molar-refractivity contribution in [1.29, 1.82) is 0 Å². The third kappa shape index (κ3) is 8.86. The van der Waals surface area contributed by atoms with Gasteiger partial charge in [0, 0.05) is 10.6 Å². The molecule has 128 valence electrons. The van der Waals surface area contributed by atoms with E-state index < -0.39 is 37.0 Å². The summed E-state index contributed by atoms with van der Waals surface area (Å²) in [7, 11) is 0. The summed E-state index contributed by atoms with van der Waals surface area (Å²) in [6.45, 7) is -2.13. The summed E-state index contributed by atoms with van der Waals surface area (Å²) in [5, 5.41) is 5.95. The van der Waals surface area contributed by atoms with Gasteiger partial charge < -0.3 is 16.0 Å². The average molecular weight is 357 g/mol. The van der Waals surface area contributed by atoms with Crippen LogP contribution in [0, 0.1) is 0 Å². The summed E-state index contributed by atoms with van der Waals surface area (Å²) in [5.74, 6) is -3.56. The number of hydrogen-bond acceptors (Lipinski definition) is 3. The molecule has 0 bridgehead atoms. The predicted molar refractivity (Wildman–Crippen MR) is 74.4 cm³/mol. The van der Waals surface area contributed by atoms with Crippen LogP contribution in [0.15, 0.2) is 29.2 Å². The van der Waals surface area contributed by atoms with Crippen LogP contribution in [-0.2, 0) is 4.79 Å². The predicted octanol–water partition coefficient (Wildman–Crippen LogP) is 2.80. The Morgan fingerprint density at radius 2 is 1.70 bits per heavy atom. The van der Waals surface area contributed by atoms with Crippen molar-refractivity contribution in [2.45, 2.75) is 16.8 Å². The van der Waals surface area contributed by atoms with E-state index in [2.05, 4.69) is 10.6 Å². The van der Waals surface area contributed by atoms with Crippen molar-refractivity contribution in [3.8, 4) is 0 Å². The van der Waals surface area contributed by atoms with E-state index in [0.717, 1.165) is 0 Å². The van der Waals surface area contributed by atoms with Gasteiger partial charge in [0.1, 0.15) is 6.54 Å². The van der Waals surface area contributed by atoms with Crippen LogP contribution in [0.25, 0.3) is 0 Å². The molecule has 5 nitrogen and oxygen atoms in total. The van der Waals surface area contributed by atoms with Gasteiger partial charge in [0.05, 0.1) is 6.54 Å². The molecule has 3 N–H and O–H groups in total. The van der Waals surface area contributed by atoms with Gasteiger partial charge in [-0.05, 0) is 24.3 Å². The van der Waals surface area contributed by atoms with E-state index in [1.165, 1.54) is 24.3 Å². The number of carbonyl (C=O) groups is 2. The minimum Gasteiger partial charge on any atom is -0.345 e. The lowest BCUT2D eigenvalue weighted by molar-refractivity contribution is -0.137. The zero-order valence-corrected chi connectivity index (χ0v) is 12.2. The highest BCUT2D eigenvalue weighted by Gasteiger charge is 2.27. The molecule has 0 radical (unpaired) electrons. The standard InChI is InChI=1S/C12H12F5N3O2S/c13-10(14)23-8-3-1-7(2-4-8)20-11(22)18-5-9(21)19-6-12(15,16)17/h1-4,10H,5-6H2,(H,19,21)(H2,18,20,22). The Morgan fingerprint density at radius 3 is 2.22 bits per heavy atom. The van der Waals surface area contributed by atoms with Crippen molar-refractivity contribution in [1.82, 2.24) is 10.6 Å². The van der Waals surface area contributed by atoms with E-state index in [-0.39, 0.29) is 5.69 Å². The van der Waals surface area contributed by atoms with Crippen LogP contribution < -0.4 is 16.0 Å². The lowest BCUT2D eigenvalue weighted by atomic mass is 10.3. The lowest BCUT2D eigenvalue weighted by Crippen LogP contribution is -2.42. The van der Waals surface area contributed by atoms with E-state index in [1.54, 1.807) is 5.32 Å². The van der Waals surface area contributed by atoms with E-state index >= 15 is 0 Å². The number of benzene rings is 1. The van der Waals surface area contributed by atoms with Crippen molar-refractivity contribution in [3.63, 3.8) is 0 Å². The molecule has 0 saturated carbocycles. The maximum absolute atomic E-state index is 12.1. The summed E-state index contributed by atoms with van der Waals surface area (Å²) in [6, 6.07) is 4.65. The molecule has 0 saturated heterocycles. The number of nitrogens with one attached hydrogen (secondary N) is 3. The second kappa shape index (κ2) is 8.56. The highest BCUT2D eigenvalue weighted by atomic mass is 32.2. The number of thioether (sulfide) groups is 1. The molecule has 0 aliphatic heterocycles. The van der Waals surface area contributed by atoms with Crippen LogP contribution in [0.3, 0.4) is 0 Å². The molecule has 1 rings (SSSR count). The number of alkyl halides is 5. The van der Waals surface area contributed by atoms with Gasteiger partial charge in [0.25, 0.3) is 5.76 Å². The number of carbonyl (C=O) groups excluding carboxylic acids is 2. The molecule has 1 aromatic rings. The fourth-order valence-corrected chi connectivity index (χ4v) is 1.82. The Morgan fingerprint density at radius 1 is 1.09 bits per heavy atom. The normalized spacial score (nSPS) is 11.2. The topological polar surface area (TPSA) is 70.2 Å². The number of hydrogen-bond donors (Lipinski definition) is 3. The Hall–Kier alpha value is -2.04. The number of rotatable bonds is 6. The molecule has 0 aliphatic rings. The van der Waals surface area contributed by atoms with Gasteiger partial charge in [-0.25, -0.2) is 4.79 Å².